The summed E-state index contributed by atoms with van der Waals surface area (Å²) in [5, 5.41) is 4.00. The molecule has 4 nitrogen and oxygen atoms in total. The van der Waals surface area contributed by atoms with Crippen LogP contribution in [-0.4, -0.2) is 19.1 Å². The number of aryl methyl sites for hydroxylation is 3. The van der Waals surface area contributed by atoms with Crippen molar-refractivity contribution in [3.8, 4) is 5.75 Å². The number of benzene rings is 1. The summed E-state index contributed by atoms with van der Waals surface area (Å²) in [5.41, 5.74) is 4.78. The molecule has 2 rings (SSSR count). The monoisotopic (exact) mass is 343 g/mol. The molecule has 0 aliphatic heterocycles. The van der Waals surface area contributed by atoms with Crippen LogP contribution in [0.2, 0.25) is 0 Å². The Morgan fingerprint density at radius 1 is 1.28 bits per heavy atom. The van der Waals surface area contributed by atoms with Gasteiger partial charge in [-0.15, -0.1) is 0 Å². The first-order valence-corrected chi connectivity index (χ1v) is 8.88. The van der Waals surface area contributed by atoms with Crippen molar-refractivity contribution in [2.24, 2.45) is 5.92 Å². The van der Waals surface area contributed by atoms with Crippen molar-refractivity contribution in [3.05, 3.63) is 34.6 Å². The van der Waals surface area contributed by atoms with Crippen LogP contribution < -0.4 is 10.1 Å². The van der Waals surface area contributed by atoms with E-state index in [1.54, 1.807) is 6.08 Å². The molecule has 0 aliphatic rings. The molecular formula is C21H29NO3. The molecule has 0 atom stereocenters. The van der Waals surface area contributed by atoms with Crippen molar-refractivity contribution in [3.63, 3.8) is 0 Å². The average molecular weight is 343 g/mol. The lowest BCUT2D eigenvalue weighted by Crippen LogP contribution is -2.25. The van der Waals surface area contributed by atoms with Gasteiger partial charge in [0.15, 0.2) is 0 Å². The second kappa shape index (κ2) is 7.77. The second-order valence-electron chi connectivity index (χ2n) is 6.94. The number of carbonyl (C=O) groups excluding carboxylic acids is 1. The van der Waals surface area contributed by atoms with E-state index in [2.05, 4.69) is 32.2 Å². The largest absolute Gasteiger partial charge is 0.493 e. The topological polar surface area (TPSA) is 51.5 Å². The Hall–Kier alpha value is -2.23. The van der Waals surface area contributed by atoms with Gasteiger partial charge < -0.3 is 14.5 Å². The van der Waals surface area contributed by atoms with Crippen LogP contribution in [0.4, 0.5) is 0 Å². The van der Waals surface area contributed by atoms with E-state index in [1.165, 1.54) is 0 Å². The Morgan fingerprint density at radius 2 is 1.96 bits per heavy atom. The minimum atomic E-state index is -0.0773. The number of amides is 1. The summed E-state index contributed by atoms with van der Waals surface area (Å²) < 4.78 is 11.8. The molecule has 0 bridgehead atoms. The van der Waals surface area contributed by atoms with Crippen LogP contribution in [0.25, 0.3) is 16.5 Å². The predicted octanol–water partition coefficient (Wildman–Crippen LogP) is 4.93. The van der Waals surface area contributed by atoms with Gasteiger partial charge in [0.2, 0.25) is 5.91 Å². The van der Waals surface area contributed by atoms with E-state index >= 15 is 0 Å². The highest BCUT2D eigenvalue weighted by Gasteiger charge is 2.18. The number of furan rings is 1. The fourth-order valence-corrected chi connectivity index (χ4v) is 2.87. The minimum Gasteiger partial charge on any atom is -0.493 e. The number of carbonyl (C=O) groups is 1. The maximum atomic E-state index is 12.2. The molecule has 4 heteroatoms. The quantitative estimate of drug-likeness (QED) is 0.756. The lowest BCUT2D eigenvalue weighted by Gasteiger charge is -2.14. The number of hydrogen-bond donors (Lipinski definition) is 1. The lowest BCUT2D eigenvalue weighted by atomic mass is 9.98. The third-order valence-corrected chi connectivity index (χ3v) is 4.39. The van der Waals surface area contributed by atoms with Gasteiger partial charge in [0.1, 0.15) is 17.1 Å². The first-order chi connectivity index (χ1) is 11.8. The molecule has 25 heavy (non-hydrogen) atoms. The zero-order valence-electron chi connectivity index (χ0n) is 16.4. The van der Waals surface area contributed by atoms with E-state index in [0.29, 0.717) is 19.1 Å². The van der Waals surface area contributed by atoms with Crippen LogP contribution in [0.3, 0.4) is 0 Å². The standard InChI is InChI=1S/C21H29NO3/c1-8-24-20-15(6)21-18(14(5)16(7)25-21)10-17(20)13(4)9-19(23)22-11-12(2)3/h9-10,12H,8,11H2,1-7H3,(H,22,23)/b13-9+. The van der Waals surface area contributed by atoms with Gasteiger partial charge in [0.05, 0.1) is 6.61 Å². The van der Waals surface area contributed by atoms with E-state index in [-0.39, 0.29) is 5.91 Å². The van der Waals surface area contributed by atoms with Crippen LogP contribution in [0.1, 0.15) is 50.1 Å². The summed E-state index contributed by atoms with van der Waals surface area (Å²) in [7, 11) is 0. The van der Waals surface area contributed by atoms with Crippen molar-refractivity contribution < 1.29 is 13.9 Å². The Morgan fingerprint density at radius 3 is 2.56 bits per heavy atom. The molecule has 136 valence electrons. The minimum absolute atomic E-state index is 0.0773. The van der Waals surface area contributed by atoms with Gasteiger partial charge in [-0.1, -0.05) is 13.8 Å². The first kappa shape index (κ1) is 19.1. The van der Waals surface area contributed by atoms with Crippen LogP contribution in [-0.2, 0) is 4.79 Å². The van der Waals surface area contributed by atoms with Crippen molar-refractivity contribution in [1.29, 1.82) is 0 Å². The van der Waals surface area contributed by atoms with Gasteiger partial charge in [0, 0.05) is 29.1 Å². The highest BCUT2D eigenvalue weighted by atomic mass is 16.5. The van der Waals surface area contributed by atoms with E-state index in [4.69, 9.17) is 9.15 Å². The molecule has 0 radical (unpaired) electrons. The van der Waals surface area contributed by atoms with E-state index in [1.807, 2.05) is 27.7 Å². The van der Waals surface area contributed by atoms with Crippen molar-refractivity contribution in [1.82, 2.24) is 5.32 Å². The summed E-state index contributed by atoms with van der Waals surface area (Å²) in [5.74, 6) is 2.04. The van der Waals surface area contributed by atoms with E-state index in [9.17, 15) is 4.79 Å². The molecule has 0 aliphatic carbocycles. The summed E-state index contributed by atoms with van der Waals surface area (Å²) in [6.07, 6.45) is 1.65. The fraction of sp³-hybridized carbons (Fsp3) is 0.476. The number of rotatable bonds is 6. The van der Waals surface area contributed by atoms with E-state index in [0.717, 1.165) is 44.7 Å². The Labute approximate surface area is 150 Å². The van der Waals surface area contributed by atoms with Crippen molar-refractivity contribution >= 4 is 22.4 Å². The highest BCUT2D eigenvalue weighted by molar-refractivity contribution is 5.98. The SMILES string of the molecule is CCOc1c(/C(C)=C/C(=O)NCC(C)C)cc2c(C)c(C)oc2c1C. The van der Waals surface area contributed by atoms with Gasteiger partial charge >= 0.3 is 0 Å². The molecule has 0 spiro atoms. The molecule has 1 amide bonds. The third-order valence-electron chi connectivity index (χ3n) is 4.39. The molecule has 0 saturated carbocycles. The first-order valence-electron chi connectivity index (χ1n) is 8.88. The van der Waals surface area contributed by atoms with E-state index < -0.39 is 0 Å². The van der Waals surface area contributed by atoms with Crippen LogP contribution >= 0.6 is 0 Å². The fourth-order valence-electron chi connectivity index (χ4n) is 2.87. The molecular weight excluding hydrogens is 314 g/mol. The molecule has 0 unspecified atom stereocenters. The predicted molar refractivity (Wildman–Crippen MR) is 103 cm³/mol. The van der Waals surface area contributed by atoms with Gasteiger partial charge in [-0.05, 0) is 57.7 Å². The van der Waals surface area contributed by atoms with Gasteiger partial charge in [-0.3, -0.25) is 4.79 Å². The zero-order chi connectivity index (χ0) is 18.7. The highest BCUT2D eigenvalue weighted by Crippen LogP contribution is 2.38. The number of allylic oxidation sites excluding steroid dienone is 1. The number of hydrogen-bond acceptors (Lipinski definition) is 3. The van der Waals surface area contributed by atoms with Gasteiger partial charge in [-0.2, -0.15) is 0 Å². The normalized spacial score (nSPS) is 12.1. The number of ether oxygens (including phenoxy) is 1. The van der Waals surface area contributed by atoms with Crippen LogP contribution in [0, 0.1) is 26.7 Å². The number of nitrogens with one attached hydrogen (secondary N) is 1. The summed E-state index contributed by atoms with van der Waals surface area (Å²) in [6, 6.07) is 2.07. The van der Waals surface area contributed by atoms with Crippen LogP contribution in [0.5, 0.6) is 5.75 Å². The molecule has 1 N–H and O–H groups in total. The molecule has 2 aromatic rings. The molecule has 1 aromatic carbocycles. The van der Waals surface area contributed by atoms with Gasteiger partial charge in [-0.25, -0.2) is 0 Å². The molecule has 0 saturated heterocycles. The Bertz CT molecular complexity index is 812. The summed E-state index contributed by atoms with van der Waals surface area (Å²) in [6.45, 7) is 15.3. The number of fused-ring (bicyclic) bond motifs is 1. The van der Waals surface area contributed by atoms with Gasteiger partial charge in [0.25, 0.3) is 0 Å². The maximum absolute atomic E-state index is 12.2. The third kappa shape index (κ3) is 4.06. The Balaban J connectivity index is 2.52. The summed E-state index contributed by atoms with van der Waals surface area (Å²) in [4.78, 5) is 12.2. The maximum Gasteiger partial charge on any atom is 0.244 e. The summed E-state index contributed by atoms with van der Waals surface area (Å²) >= 11 is 0. The smallest absolute Gasteiger partial charge is 0.244 e. The average Bonchev–Trinajstić information content (AvgIpc) is 2.83. The van der Waals surface area contributed by atoms with Crippen molar-refractivity contribution in [2.45, 2.75) is 48.5 Å². The van der Waals surface area contributed by atoms with Crippen molar-refractivity contribution in [2.75, 3.05) is 13.2 Å². The lowest BCUT2D eigenvalue weighted by molar-refractivity contribution is -0.116. The Kier molecular flexibility index (Phi) is 5.93. The molecule has 1 aromatic heterocycles. The molecule has 1 heterocycles. The zero-order valence-corrected chi connectivity index (χ0v) is 16.4. The molecule has 0 fully saturated rings. The second-order valence-corrected chi connectivity index (χ2v) is 6.94. The van der Waals surface area contributed by atoms with Crippen LogP contribution in [0.15, 0.2) is 16.6 Å².